The fraction of sp³-hybridized carbons (Fsp3) is 0.435. The van der Waals surface area contributed by atoms with Crippen molar-refractivity contribution in [1.82, 2.24) is 0 Å². The lowest BCUT2D eigenvalue weighted by molar-refractivity contribution is -0.313. The van der Waals surface area contributed by atoms with Crippen molar-refractivity contribution in [3.05, 3.63) is 40.3 Å². The molecule has 1 fully saturated rings. The molecule has 3 rings (SSSR count). The first-order chi connectivity index (χ1) is 14.3. The van der Waals surface area contributed by atoms with Gasteiger partial charge in [0.15, 0.2) is 0 Å². The fourth-order valence-electron chi connectivity index (χ4n) is 4.10. The Hall–Kier alpha value is -2.67. The summed E-state index contributed by atoms with van der Waals surface area (Å²) in [5.74, 6) is -3.55. The van der Waals surface area contributed by atoms with E-state index in [1.165, 1.54) is 11.3 Å². The van der Waals surface area contributed by atoms with Crippen molar-refractivity contribution in [3.8, 4) is 11.1 Å². The molecular formula is C23H26NO5S-. The van der Waals surface area contributed by atoms with Crippen LogP contribution in [-0.2, 0) is 14.3 Å². The largest absolute Gasteiger partial charge is 0.550 e. The molecule has 1 amide bonds. The smallest absolute Gasteiger partial charge is 0.341 e. The van der Waals surface area contributed by atoms with Gasteiger partial charge in [-0.05, 0) is 44.7 Å². The van der Waals surface area contributed by atoms with E-state index in [9.17, 15) is 19.5 Å². The Labute approximate surface area is 180 Å². The Balaban J connectivity index is 1.96. The van der Waals surface area contributed by atoms with E-state index >= 15 is 0 Å². The monoisotopic (exact) mass is 428 g/mol. The molecule has 30 heavy (non-hydrogen) atoms. The summed E-state index contributed by atoms with van der Waals surface area (Å²) in [5, 5.41) is 16.5. The Kier molecular flexibility index (Phi) is 6.92. The Morgan fingerprint density at radius 1 is 1.13 bits per heavy atom. The van der Waals surface area contributed by atoms with Gasteiger partial charge in [-0.2, -0.15) is 0 Å². The molecule has 1 N–H and O–H groups in total. The van der Waals surface area contributed by atoms with Crippen molar-refractivity contribution in [1.29, 1.82) is 0 Å². The van der Waals surface area contributed by atoms with E-state index in [2.05, 4.69) is 5.32 Å². The second-order valence-corrected chi connectivity index (χ2v) is 8.58. The lowest BCUT2D eigenvalue weighted by atomic mass is 9.78. The number of thiophene rings is 1. The van der Waals surface area contributed by atoms with Gasteiger partial charge in [-0.1, -0.05) is 36.6 Å². The molecule has 1 aliphatic carbocycles. The molecule has 1 aromatic heterocycles. The van der Waals surface area contributed by atoms with Gasteiger partial charge in [0, 0.05) is 28.7 Å². The van der Waals surface area contributed by atoms with Crippen molar-refractivity contribution < 1.29 is 24.2 Å². The lowest BCUT2D eigenvalue weighted by Crippen LogP contribution is -2.42. The summed E-state index contributed by atoms with van der Waals surface area (Å²) in [6.07, 6.45) is 2.50. The highest BCUT2D eigenvalue weighted by Gasteiger charge is 2.33. The Morgan fingerprint density at radius 2 is 1.83 bits per heavy atom. The molecule has 1 aromatic carbocycles. The number of carboxylic acid groups (broad SMARTS) is 1. The minimum atomic E-state index is -1.19. The highest BCUT2D eigenvalue weighted by Crippen LogP contribution is 2.39. The number of carbonyl (C=O) groups is 3. The number of esters is 1. The number of anilines is 1. The van der Waals surface area contributed by atoms with Gasteiger partial charge in [0.05, 0.1) is 6.61 Å². The maximum Gasteiger partial charge on any atom is 0.341 e. The number of nitrogens with one attached hydrogen (secondary N) is 1. The number of rotatable bonds is 6. The number of hydrogen-bond acceptors (Lipinski definition) is 6. The molecule has 0 spiro atoms. The molecule has 0 radical (unpaired) electrons. The van der Waals surface area contributed by atoms with Gasteiger partial charge in [0.25, 0.3) is 0 Å². The maximum absolute atomic E-state index is 12.9. The number of carbonyl (C=O) groups excluding carboxylic acids is 3. The van der Waals surface area contributed by atoms with Crippen molar-refractivity contribution >= 4 is 34.2 Å². The number of amides is 1. The predicted octanol–water partition coefficient (Wildman–Crippen LogP) is 3.70. The summed E-state index contributed by atoms with van der Waals surface area (Å²) < 4.78 is 5.25. The normalized spacial score (nSPS) is 18.6. The topological polar surface area (TPSA) is 95.5 Å². The lowest BCUT2D eigenvalue weighted by Gasteiger charge is -2.31. The van der Waals surface area contributed by atoms with Gasteiger partial charge >= 0.3 is 5.97 Å². The van der Waals surface area contributed by atoms with Crippen LogP contribution in [0, 0.1) is 25.7 Å². The molecule has 0 aliphatic heterocycles. The summed E-state index contributed by atoms with van der Waals surface area (Å²) >= 11 is 1.24. The third-order valence-corrected chi connectivity index (χ3v) is 6.48. The SMILES string of the molecule is CCOC(=O)c1c(-c2ccc(C)cc2C)csc1NC(=O)C1CCCCC1C(=O)[O-]. The van der Waals surface area contributed by atoms with Crippen LogP contribution in [0.4, 0.5) is 5.00 Å². The van der Waals surface area contributed by atoms with Gasteiger partial charge in [0.1, 0.15) is 10.6 Å². The minimum Gasteiger partial charge on any atom is -0.550 e. The summed E-state index contributed by atoms with van der Waals surface area (Å²) in [6, 6.07) is 5.96. The van der Waals surface area contributed by atoms with Crippen LogP contribution >= 0.6 is 11.3 Å². The average molecular weight is 429 g/mol. The number of hydrogen-bond donors (Lipinski definition) is 1. The molecule has 1 aliphatic rings. The van der Waals surface area contributed by atoms with E-state index in [4.69, 9.17) is 4.74 Å². The number of benzene rings is 1. The Bertz CT molecular complexity index is 964. The third kappa shape index (κ3) is 4.56. The van der Waals surface area contributed by atoms with E-state index < -0.39 is 23.8 Å². The van der Waals surface area contributed by atoms with Crippen molar-refractivity contribution in [2.75, 3.05) is 11.9 Å². The molecule has 2 atom stereocenters. The molecule has 1 saturated carbocycles. The number of aliphatic carboxylic acids is 1. The number of ether oxygens (including phenoxy) is 1. The van der Waals surface area contributed by atoms with Gasteiger partial charge in [-0.3, -0.25) is 4.79 Å². The molecule has 0 saturated heterocycles. The molecule has 6 nitrogen and oxygen atoms in total. The molecule has 2 unspecified atom stereocenters. The van der Waals surface area contributed by atoms with Crippen molar-refractivity contribution in [2.45, 2.75) is 46.5 Å². The van der Waals surface area contributed by atoms with Crippen LogP contribution in [0.15, 0.2) is 23.6 Å². The number of aryl methyl sites for hydroxylation is 2. The van der Waals surface area contributed by atoms with Gasteiger partial charge in [-0.25, -0.2) is 4.79 Å². The minimum absolute atomic E-state index is 0.212. The second kappa shape index (κ2) is 9.43. The first kappa shape index (κ1) is 22.0. The van der Waals surface area contributed by atoms with E-state index in [-0.39, 0.29) is 12.5 Å². The van der Waals surface area contributed by atoms with Crippen LogP contribution in [0.1, 0.15) is 54.1 Å². The van der Waals surface area contributed by atoms with Crippen LogP contribution < -0.4 is 10.4 Å². The van der Waals surface area contributed by atoms with Crippen LogP contribution in [0.25, 0.3) is 11.1 Å². The fourth-order valence-corrected chi connectivity index (χ4v) is 5.05. The van der Waals surface area contributed by atoms with Gasteiger partial charge < -0.3 is 20.0 Å². The zero-order chi connectivity index (χ0) is 21.8. The molecule has 7 heteroatoms. The zero-order valence-corrected chi connectivity index (χ0v) is 18.3. The average Bonchev–Trinajstić information content (AvgIpc) is 3.11. The van der Waals surface area contributed by atoms with E-state index in [1.807, 2.05) is 37.4 Å². The molecule has 1 heterocycles. The molecular weight excluding hydrogens is 402 g/mol. The van der Waals surface area contributed by atoms with Crippen LogP contribution in [0.3, 0.4) is 0 Å². The van der Waals surface area contributed by atoms with Crippen molar-refractivity contribution in [3.63, 3.8) is 0 Å². The third-order valence-electron chi connectivity index (χ3n) is 5.58. The summed E-state index contributed by atoms with van der Waals surface area (Å²) in [7, 11) is 0. The van der Waals surface area contributed by atoms with E-state index in [0.29, 0.717) is 29.0 Å². The van der Waals surface area contributed by atoms with Crippen LogP contribution in [-0.4, -0.2) is 24.5 Å². The highest BCUT2D eigenvalue weighted by molar-refractivity contribution is 7.15. The maximum atomic E-state index is 12.9. The summed E-state index contributed by atoms with van der Waals surface area (Å²) in [6.45, 7) is 5.91. The van der Waals surface area contributed by atoms with E-state index in [0.717, 1.165) is 29.5 Å². The predicted molar refractivity (Wildman–Crippen MR) is 114 cm³/mol. The number of carboxylic acids is 1. The van der Waals surface area contributed by atoms with Crippen LogP contribution in [0.2, 0.25) is 0 Å². The molecule has 0 bridgehead atoms. The Morgan fingerprint density at radius 3 is 2.47 bits per heavy atom. The van der Waals surface area contributed by atoms with Gasteiger partial charge in [0.2, 0.25) is 5.91 Å². The molecule has 2 aromatic rings. The second-order valence-electron chi connectivity index (χ2n) is 7.70. The summed E-state index contributed by atoms with van der Waals surface area (Å²) in [5.41, 5.74) is 4.03. The quantitative estimate of drug-likeness (QED) is 0.708. The highest BCUT2D eigenvalue weighted by atomic mass is 32.1. The summed E-state index contributed by atoms with van der Waals surface area (Å²) in [4.78, 5) is 37.2. The first-order valence-electron chi connectivity index (χ1n) is 10.2. The van der Waals surface area contributed by atoms with Crippen molar-refractivity contribution in [2.24, 2.45) is 11.8 Å². The zero-order valence-electron chi connectivity index (χ0n) is 17.4. The van der Waals surface area contributed by atoms with Crippen LogP contribution in [0.5, 0.6) is 0 Å². The molecule has 160 valence electrons. The first-order valence-corrected chi connectivity index (χ1v) is 11.1. The standard InChI is InChI=1S/C23H27NO5S/c1-4-29-23(28)19-18(15-10-9-13(2)11-14(15)3)12-30-21(19)24-20(25)16-7-5-6-8-17(16)22(26)27/h9-12,16-17H,4-8H2,1-3H3,(H,24,25)(H,26,27)/p-1. The van der Waals surface area contributed by atoms with Gasteiger partial charge in [-0.15, -0.1) is 11.3 Å². The van der Waals surface area contributed by atoms with E-state index in [1.54, 1.807) is 6.92 Å².